The van der Waals surface area contributed by atoms with Crippen molar-refractivity contribution < 1.29 is 24.2 Å². The molecule has 0 aromatic rings. The highest BCUT2D eigenvalue weighted by Gasteiger charge is 2.43. The Bertz CT molecular complexity index is 226. The minimum Gasteiger partial charge on any atom is -0.469 e. The Balaban J connectivity index is 2.73. The summed E-state index contributed by atoms with van der Waals surface area (Å²) in [6.45, 7) is -0.0129. The summed E-state index contributed by atoms with van der Waals surface area (Å²) < 4.78 is 9.25. The van der Waals surface area contributed by atoms with E-state index in [1.807, 2.05) is 0 Å². The number of carbonyl (C=O) groups excluding carboxylic acids is 2. The van der Waals surface area contributed by atoms with E-state index < -0.39 is 23.8 Å². The number of ether oxygens (including phenoxy) is 2. The molecule has 0 aliphatic heterocycles. The highest BCUT2D eigenvalue weighted by Crippen LogP contribution is 2.37. The largest absolute Gasteiger partial charge is 0.469 e. The predicted octanol–water partition coefficient (Wildman–Crippen LogP) is -0.0329. The second-order valence-corrected chi connectivity index (χ2v) is 3.78. The van der Waals surface area contributed by atoms with E-state index in [-0.39, 0.29) is 12.5 Å². The van der Waals surface area contributed by atoms with Crippen molar-refractivity contribution in [2.24, 2.45) is 17.8 Å². The Labute approximate surface area is 88.4 Å². The maximum Gasteiger partial charge on any atom is 0.309 e. The van der Waals surface area contributed by atoms with Gasteiger partial charge in [0, 0.05) is 6.61 Å². The summed E-state index contributed by atoms with van der Waals surface area (Å²) in [6, 6.07) is 0. The Hall–Kier alpha value is -1.10. The van der Waals surface area contributed by atoms with Gasteiger partial charge in [-0.25, -0.2) is 0 Å². The maximum atomic E-state index is 11.4. The minimum absolute atomic E-state index is 0.0129. The average Bonchev–Trinajstić information content (AvgIpc) is 2.70. The zero-order valence-corrected chi connectivity index (χ0v) is 8.93. The SMILES string of the molecule is COC(=O)[C@H]1CC(CO)C[C@@H]1C(=O)OC. The van der Waals surface area contributed by atoms with Crippen LogP contribution >= 0.6 is 0 Å². The molecule has 0 aromatic carbocycles. The van der Waals surface area contributed by atoms with Crippen LogP contribution in [0.15, 0.2) is 0 Å². The third-order valence-electron chi connectivity index (χ3n) is 2.93. The fraction of sp³-hybridized carbons (Fsp3) is 0.800. The molecule has 0 unspecified atom stereocenters. The summed E-state index contributed by atoms with van der Waals surface area (Å²) in [5.41, 5.74) is 0. The van der Waals surface area contributed by atoms with Gasteiger partial charge in [-0.3, -0.25) is 9.59 Å². The molecule has 0 aromatic heterocycles. The second kappa shape index (κ2) is 5.11. The van der Waals surface area contributed by atoms with Gasteiger partial charge in [0.1, 0.15) is 0 Å². The van der Waals surface area contributed by atoms with Gasteiger partial charge < -0.3 is 14.6 Å². The minimum atomic E-state index is -0.473. The lowest BCUT2D eigenvalue weighted by Gasteiger charge is -2.14. The third-order valence-corrected chi connectivity index (χ3v) is 2.93. The van der Waals surface area contributed by atoms with Gasteiger partial charge in [-0.1, -0.05) is 0 Å². The molecule has 0 amide bonds. The molecule has 1 aliphatic carbocycles. The monoisotopic (exact) mass is 216 g/mol. The van der Waals surface area contributed by atoms with Gasteiger partial charge >= 0.3 is 11.9 Å². The molecule has 0 heterocycles. The van der Waals surface area contributed by atoms with Crippen molar-refractivity contribution in [2.75, 3.05) is 20.8 Å². The molecule has 86 valence electrons. The fourth-order valence-corrected chi connectivity index (χ4v) is 2.12. The van der Waals surface area contributed by atoms with E-state index in [1.54, 1.807) is 0 Å². The molecule has 2 atom stereocenters. The number of hydrogen-bond donors (Lipinski definition) is 1. The lowest BCUT2D eigenvalue weighted by molar-refractivity contribution is -0.156. The third kappa shape index (κ3) is 2.47. The van der Waals surface area contributed by atoms with Gasteiger partial charge in [-0.05, 0) is 18.8 Å². The van der Waals surface area contributed by atoms with Crippen molar-refractivity contribution in [1.82, 2.24) is 0 Å². The fourth-order valence-electron chi connectivity index (χ4n) is 2.12. The highest BCUT2D eigenvalue weighted by molar-refractivity contribution is 5.82. The lowest BCUT2D eigenvalue weighted by Crippen LogP contribution is -2.27. The Morgan fingerprint density at radius 2 is 1.53 bits per heavy atom. The summed E-state index contributed by atoms with van der Waals surface area (Å²) in [5.74, 6) is -1.76. The topological polar surface area (TPSA) is 72.8 Å². The summed E-state index contributed by atoms with van der Waals surface area (Å²) in [6.07, 6.45) is 0.978. The van der Waals surface area contributed by atoms with Crippen molar-refractivity contribution in [3.8, 4) is 0 Å². The van der Waals surface area contributed by atoms with Crippen molar-refractivity contribution in [2.45, 2.75) is 12.8 Å². The zero-order chi connectivity index (χ0) is 11.4. The molecular formula is C10H16O5. The van der Waals surface area contributed by atoms with E-state index in [2.05, 4.69) is 9.47 Å². The van der Waals surface area contributed by atoms with E-state index in [4.69, 9.17) is 5.11 Å². The van der Waals surface area contributed by atoms with Gasteiger partial charge in [-0.15, -0.1) is 0 Å². The van der Waals surface area contributed by atoms with Crippen LogP contribution in [0, 0.1) is 17.8 Å². The van der Waals surface area contributed by atoms with Crippen molar-refractivity contribution in [3.05, 3.63) is 0 Å². The summed E-state index contributed by atoms with van der Waals surface area (Å²) in [7, 11) is 2.59. The van der Waals surface area contributed by atoms with Gasteiger partial charge in [-0.2, -0.15) is 0 Å². The molecule has 0 bridgehead atoms. The van der Waals surface area contributed by atoms with Crippen LogP contribution in [-0.4, -0.2) is 37.9 Å². The molecular weight excluding hydrogens is 200 g/mol. The van der Waals surface area contributed by atoms with Gasteiger partial charge in [0.25, 0.3) is 0 Å². The van der Waals surface area contributed by atoms with E-state index in [9.17, 15) is 9.59 Å². The van der Waals surface area contributed by atoms with Crippen LogP contribution < -0.4 is 0 Å². The van der Waals surface area contributed by atoms with Crippen LogP contribution in [0.5, 0.6) is 0 Å². The van der Waals surface area contributed by atoms with Crippen molar-refractivity contribution in [3.63, 3.8) is 0 Å². The normalized spacial score (nSPS) is 26.3. The number of carbonyl (C=O) groups is 2. The molecule has 1 fully saturated rings. The van der Waals surface area contributed by atoms with Crippen LogP contribution in [-0.2, 0) is 19.1 Å². The number of hydrogen-bond acceptors (Lipinski definition) is 5. The molecule has 15 heavy (non-hydrogen) atoms. The van der Waals surface area contributed by atoms with Gasteiger partial charge in [0.2, 0.25) is 0 Å². The summed E-state index contributed by atoms with van der Waals surface area (Å²) in [4.78, 5) is 22.8. The highest BCUT2D eigenvalue weighted by atomic mass is 16.5. The van der Waals surface area contributed by atoms with E-state index in [0.717, 1.165) is 0 Å². The van der Waals surface area contributed by atoms with E-state index >= 15 is 0 Å². The number of esters is 2. The number of aliphatic hydroxyl groups excluding tert-OH is 1. The van der Waals surface area contributed by atoms with Crippen molar-refractivity contribution in [1.29, 1.82) is 0 Å². The first-order valence-electron chi connectivity index (χ1n) is 4.90. The van der Waals surface area contributed by atoms with Gasteiger partial charge in [0.15, 0.2) is 0 Å². The number of methoxy groups -OCH3 is 2. The molecule has 0 radical (unpaired) electrons. The quantitative estimate of drug-likeness (QED) is 0.670. The molecule has 0 saturated heterocycles. The Morgan fingerprint density at radius 3 is 1.80 bits per heavy atom. The summed E-state index contributed by atoms with van der Waals surface area (Å²) in [5, 5.41) is 9.01. The van der Waals surface area contributed by atoms with Crippen LogP contribution in [0.4, 0.5) is 0 Å². The van der Waals surface area contributed by atoms with Crippen LogP contribution in [0.25, 0.3) is 0 Å². The Kier molecular flexibility index (Phi) is 4.08. The zero-order valence-electron chi connectivity index (χ0n) is 8.93. The van der Waals surface area contributed by atoms with Gasteiger partial charge in [0.05, 0.1) is 26.1 Å². The first kappa shape index (κ1) is 12.0. The molecule has 1 rings (SSSR count). The molecule has 1 saturated carbocycles. The standard InChI is InChI=1S/C10H16O5/c1-14-9(12)7-3-6(5-11)4-8(7)10(13)15-2/h6-8,11H,3-5H2,1-2H3/t7-,8-/m0/s1. The molecule has 5 nitrogen and oxygen atoms in total. The van der Waals surface area contributed by atoms with E-state index in [1.165, 1.54) is 14.2 Å². The molecule has 0 spiro atoms. The molecule has 1 N–H and O–H groups in total. The first-order chi connectivity index (χ1) is 7.13. The van der Waals surface area contributed by atoms with Crippen LogP contribution in [0.1, 0.15) is 12.8 Å². The molecule has 5 heteroatoms. The summed E-state index contributed by atoms with van der Waals surface area (Å²) >= 11 is 0. The first-order valence-corrected chi connectivity index (χ1v) is 4.90. The van der Waals surface area contributed by atoms with Crippen molar-refractivity contribution >= 4 is 11.9 Å². The lowest BCUT2D eigenvalue weighted by atomic mass is 9.96. The van der Waals surface area contributed by atoms with Crippen LogP contribution in [0.2, 0.25) is 0 Å². The Morgan fingerprint density at radius 1 is 1.13 bits per heavy atom. The van der Waals surface area contributed by atoms with Crippen LogP contribution in [0.3, 0.4) is 0 Å². The predicted molar refractivity (Wildman–Crippen MR) is 50.8 cm³/mol. The number of aliphatic hydroxyl groups is 1. The van der Waals surface area contributed by atoms with E-state index in [0.29, 0.717) is 12.8 Å². The molecule has 1 aliphatic rings. The average molecular weight is 216 g/mol. The second-order valence-electron chi connectivity index (χ2n) is 3.78. The smallest absolute Gasteiger partial charge is 0.309 e. The number of rotatable bonds is 3. The maximum absolute atomic E-state index is 11.4.